The SMILES string of the molecule is CCOC(=O)[C@@H](C)CCOC(=O)CCCCCCCN. The van der Waals surface area contributed by atoms with E-state index in [9.17, 15) is 9.59 Å². The Labute approximate surface area is 122 Å². The minimum absolute atomic E-state index is 0.181. The minimum atomic E-state index is -0.233. The van der Waals surface area contributed by atoms with Gasteiger partial charge in [0, 0.05) is 6.42 Å². The highest BCUT2D eigenvalue weighted by Crippen LogP contribution is 2.08. The predicted octanol–water partition coefficient (Wildman–Crippen LogP) is 2.42. The molecular weight excluding hydrogens is 258 g/mol. The first kappa shape index (κ1) is 18.9. The first-order valence-electron chi connectivity index (χ1n) is 7.64. The van der Waals surface area contributed by atoms with Gasteiger partial charge in [-0.15, -0.1) is 0 Å². The lowest BCUT2D eigenvalue weighted by Crippen LogP contribution is -2.17. The lowest BCUT2D eigenvalue weighted by atomic mass is 10.1. The molecule has 0 spiro atoms. The molecule has 0 aromatic carbocycles. The summed E-state index contributed by atoms with van der Waals surface area (Å²) in [6.45, 7) is 4.96. The molecule has 0 saturated heterocycles. The van der Waals surface area contributed by atoms with Crippen molar-refractivity contribution >= 4 is 11.9 Å². The second-order valence-electron chi connectivity index (χ2n) is 4.97. The van der Waals surface area contributed by atoms with Gasteiger partial charge in [-0.2, -0.15) is 0 Å². The van der Waals surface area contributed by atoms with Crippen LogP contribution in [0, 0.1) is 5.92 Å². The Morgan fingerprint density at radius 3 is 2.35 bits per heavy atom. The van der Waals surface area contributed by atoms with Gasteiger partial charge in [0.15, 0.2) is 0 Å². The van der Waals surface area contributed by atoms with Crippen molar-refractivity contribution < 1.29 is 19.1 Å². The molecule has 0 aromatic heterocycles. The van der Waals surface area contributed by atoms with Gasteiger partial charge in [0.05, 0.1) is 19.1 Å². The van der Waals surface area contributed by atoms with Gasteiger partial charge in [0.1, 0.15) is 0 Å². The first-order valence-corrected chi connectivity index (χ1v) is 7.64. The standard InChI is InChI=1S/C15H29NO4/c1-3-19-15(18)13(2)10-12-20-14(17)9-7-5-4-6-8-11-16/h13H,3-12,16H2,1-2H3/t13-/m0/s1. The van der Waals surface area contributed by atoms with E-state index >= 15 is 0 Å². The average molecular weight is 287 g/mol. The third-order valence-corrected chi connectivity index (χ3v) is 3.09. The molecule has 0 saturated carbocycles. The smallest absolute Gasteiger partial charge is 0.308 e. The van der Waals surface area contributed by atoms with Crippen molar-refractivity contribution in [2.24, 2.45) is 11.7 Å². The van der Waals surface area contributed by atoms with Crippen molar-refractivity contribution in [2.75, 3.05) is 19.8 Å². The molecule has 0 rings (SSSR count). The number of esters is 2. The molecule has 1 atom stereocenters. The molecule has 0 aliphatic heterocycles. The third-order valence-electron chi connectivity index (χ3n) is 3.09. The average Bonchev–Trinajstić information content (AvgIpc) is 2.42. The summed E-state index contributed by atoms with van der Waals surface area (Å²) >= 11 is 0. The van der Waals surface area contributed by atoms with Gasteiger partial charge in [-0.1, -0.05) is 26.2 Å². The third kappa shape index (κ3) is 10.8. The van der Waals surface area contributed by atoms with Crippen molar-refractivity contribution in [3.8, 4) is 0 Å². The van der Waals surface area contributed by atoms with Crippen molar-refractivity contribution in [2.45, 2.75) is 58.8 Å². The maximum absolute atomic E-state index is 11.5. The van der Waals surface area contributed by atoms with E-state index in [0.29, 0.717) is 19.4 Å². The topological polar surface area (TPSA) is 78.6 Å². The summed E-state index contributed by atoms with van der Waals surface area (Å²) in [7, 11) is 0. The Bertz CT molecular complexity index is 269. The van der Waals surface area contributed by atoms with Crippen molar-refractivity contribution in [3.05, 3.63) is 0 Å². The van der Waals surface area contributed by atoms with Crippen LogP contribution in [-0.2, 0) is 19.1 Å². The maximum Gasteiger partial charge on any atom is 0.308 e. The molecule has 0 amide bonds. The Balaban J connectivity index is 3.46. The van der Waals surface area contributed by atoms with Crippen LogP contribution in [0.1, 0.15) is 58.8 Å². The van der Waals surface area contributed by atoms with Crippen LogP contribution in [-0.4, -0.2) is 31.7 Å². The Hall–Kier alpha value is -1.10. The van der Waals surface area contributed by atoms with Crippen LogP contribution in [0.25, 0.3) is 0 Å². The highest BCUT2D eigenvalue weighted by Gasteiger charge is 2.14. The molecular formula is C15H29NO4. The summed E-state index contributed by atoms with van der Waals surface area (Å²) in [6.07, 6.45) is 6.16. The van der Waals surface area contributed by atoms with Gasteiger partial charge in [0.2, 0.25) is 0 Å². The van der Waals surface area contributed by atoms with Crippen LogP contribution in [0.15, 0.2) is 0 Å². The zero-order valence-electron chi connectivity index (χ0n) is 12.9. The molecule has 0 fully saturated rings. The number of hydrogen-bond acceptors (Lipinski definition) is 5. The number of hydrogen-bond donors (Lipinski definition) is 1. The van der Waals surface area contributed by atoms with E-state index in [4.69, 9.17) is 15.2 Å². The molecule has 0 heterocycles. The maximum atomic E-state index is 11.5. The van der Waals surface area contributed by atoms with Gasteiger partial charge < -0.3 is 15.2 Å². The molecule has 0 aromatic rings. The van der Waals surface area contributed by atoms with Gasteiger partial charge in [-0.3, -0.25) is 9.59 Å². The van der Waals surface area contributed by atoms with E-state index in [1.807, 2.05) is 0 Å². The predicted molar refractivity (Wildman–Crippen MR) is 78.1 cm³/mol. The molecule has 0 unspecified atom stereocenters. The molecule has 5 heteroatoms. The second kappa shape index (κ2) is 12.9. The fourth-order valence-electron chi connectivity index (χ4n) is 1.77. The number of ether oxygens (including phenoxy) is 2. The van der Waals surface area contributed by atoms with Crippen LogP contribution in [0.2, 0.25) is 0 Å². The molecule has 5 nitrogen and oxygen atoms in total. The number of nitrogens with two attached hydrogens (primary N) is 1. The highest BCUT2D eigenvalue weighted by molar-refractivity contribution is 5.72. The molecule has 0 aliphatic carbocycles. The highest BCUT2D eigenvalue weighted by atomic mass is 16.5. The number of rotatable bonds is 12. The van der Waals surface area contributed by atoms with E-state index in [1.165, 1.54) is 0 Å². The zero-order chi connectivity index (χ0) is 15.2. The van der Waals surface area contributed by atoms with Gasteiger partial charge in [-0.25, -0.2) is 0 Å². The number of carbonyl (C=O) groups is 2. The number of unbranched alkanes of at least 4 members (excludes halogenated alkanes) is 4. The molecule has 20 heavy (non-hydrogen) atoms. The molecule has 0 aliphatic rings. The monoisotopic (exact) mass is 287 g/mol. The van der Waals surface area contributed by atoms with Crippen LogP contribution < -0.4 is 5.73 Å². The summed E-state index contributed by atoms with van der Waals surface area (Å²) in [5.41, 5.74) is 5.40. The van der Waals surface area contributed by atoms with Crippen molar-refractivity contribution in [1.82, 2.24) is 0 Å². The van der Waals surface area contributed by atoms with E-state index in [1.54, 1.807) is 13.8 Å². The van der Waals surface area contributed by atoms with E-state index in [2.05, 4.69) is 0 Å². The van der Waals surface area contributed by atoms with Crippen molar-refractivity contribution in [3.63, 3.8) is 0 Å². The summed E-state index contributed by atoms with van der Waals surface area (Å²) in [5.74, 6) is -0.637. The molecule has 2 N–H and O–H groups in total. The van der Waals surface area contributed by atoms with Gasteiger partial charge in [-0.05, 0) is 32.7 Å². The Morgan fingerprint density at radius 2 is 1.70 bits per heavy atom. The van der Waals surface area contributed by atoms with Crippen LogP contribution in [0.3, 0.4) is 0 Å². The zero-order valence-corrected chi connectivity index (χ0v) is 12.9. The van der Waals surface area contributed by atoms with Gasteiger partial charge >= 0.3 is 11.9 Å². The lowest BCUT2D eigenvalue weighted by Gasteiger charge is -2.10. The summed E-state index contributed by atoms with van der Waals surface area (Å²) in [5, 5.41) is 0. The quantitative estimate of drug-likeness (QED) is 0.440. The summed E-state index contributed by atoms with van der Waals surface area (Å²) in [6, 6.07) is 0. The van der Waals surface area contributed by atoms with Crippen LogP contribution >= 0.6 is 0 Å². The van der Waals surface area contributed by atoms with Crippen LogP contribution in [0.5, 0.6) is 0 Å². The lowest BCUT2D eigenvalue weighted by molar-refractivity contribution is -0.150. The first-order chi connectivity index (χ1) is 9.61. The molecule has 0 radical (unpaired) electrons. The molecule has 0 bridgehead atoms. The summed E-state index contributed by atoms with van der Waals surface area (Å²) < 4.78 is 9.99. The van der Waals surface area contributed by atoms with Crippen molar-refractivity contribution in [1.29, 1.82) is 0 Å². The fourth-order valence-corrected chi connectivity index (χ4v) is 1.77. The normalized spacial score (nSPS) is 11.9. The number of carbonyl (C=O) groups excluding carboxylic acids is 2. The van der Waals surface area contributed by atoms with E-state index in [0.717, 1.165) is 38.6 Å². The van der Waals surface area contributed by atoms with Crippen LogP contribution in [0.4, 0.5) is 0 Å². The molecule has 118 valence electrons. The van der Waals surface area contributed by atoms with E-state index < -0.39 is 0 Å². The van der Waals surface area contributed by atoms with Gasteiger partial charge in [0.25, 0.3) is 0 Å². The second-order valence-corrected chi connectivity index (χ2v) is 4.97. The largest absolute Gasteiger partial charge is 0.466 e. The fraction of sp³-hybridized carbons (Fsp3) is 0.867. The minimum Gasteiger partial charge on any atom is -0.466 e. The summed E-state index contributed by atoms with van der Waals surface area (Å²) in [4.78, 5) is 22.8. The Morgan fingerprint density at radius 1 is 1.05 bits per heavy atom. The Kier molecular flexibility index (Phi) is 12.2. The van der Waals surface area contributed by atoms with E-state index in [-0.39, 0.29) is 24.5 Å².